The van der Waals surface area contributed by atoms with Crippen LogP contribution in [0, 0.1) is 0 Å². The van der Waals surface area contributed by atoms with E-state index in [1.54, 1.807) is 0 Å². The number of carbonyl (C=O) groups excluding carboxylic acids is 1. The average Bonchev–Trinajstić information content (AvgIpc) is 2.82. The van der Waals surface area contributed by atoms with Crippen LogP contribution in [0.5, 0.6) is 0 Å². The van der Waals surface area contributed by atoms with Crippen molar-refractivity contribution in [3.05, 3.63) is 0 Å². The molecule has 0 aromatic heterocycles. The molecule has 1 amide bonds. The summed E-state index contributed by atoms with van der Waals surface area (Å²) >= 11 is 0. The zero-order valence-electron chi connectivity index (χ0n) is 23.6. The van der Waals surface area contributed by atoms with E-state index in [0.29, 0.717) is 12.5 Å². The highest BCUT2D eigenvalue weighted by molar-refractivity contribution is 5.76. The molecule has 1 saturated heterocycles. The Hall–Kier alpha value is -0.650. The quantitative estimate of drug-likeness (QED) is 0.351. The van der Waals surface area contributed by atoms with Gasteiger partial charge in [-0.1, -0.05) is 90.4 Å². The number of hydrogen-bond donors (Lipinski definition) is 1. The third-order valence-electron chi connectivity index (χ3n) is 7.67. The molecule has 1 aliphatic rings. The maximum absolute atomic E-state index is 12.7. The van der Waals surface area contributed by atoms with Gasteiger partial charge in [0.05, 0.1) is 0 Å². The minimum Gasteiger partial charge on any atom is -0.355 e. The van der Waals surface area contributed by atoms with Crippen molar-refractivity contribution in [2.24, 2.45) is 0 Å². The summed E-state index contributed by atoms with van der Waals surface area (Å²) in [5.41, 5.74) is 0. The van der Waals surface area contributed by atoms with E-state index in [1.165, 1.54) is 103 Å². The fraction of sp³-hybridized carbons (Fsp3) is 0.966. The molecule has 1 heterocycles. The lowest BCUT2D eigenvalue weighted by atomic mass is 10.0. The van der Waals surface area contributed by atoms with Crippen LogP contribution in [0.4, 0.5) is 0 Å². The van der Waals surface area contributed by atoms with Gasteiger partial charge in [0.25, 0.3) is 0 Å². The van der Waals surface area contributed by atoms with Crippen molar-refractivity contribution in [1.82, 2.24) is 20.0 Å². The summed E-state index contributed by atoms with van der Waals surface area (Å²) in [6.45, 7) is 8.48. The zero-order valence-corrected chi connectivity index (χ0v) is 23.6. The van der Waals surface area contributed by atoms with Gasteiger partial charge >= 0.3 is 0 Å². The van der Waals surface area contributed by atoms with Crippen LogP contribution in [-0.4, -0.2) is 87.1 Å². The monoisotopic (exact) mass is 480 g/mol. The second-order valence-electron chi connectivity index (χ2n) is 11.0. The molecule has 202 valence electrons. The Kier molecular flexibility index (Phi) is 20.0. The Balaban J connectivity index is 2.37. The largest absolute Gasteiger partial charge is 0.355 e. The number of rotatable bonds is 12. The summed E-state index contributed by atoms with van der Waals surface area (Å²) in [6.07, 6.45) is 22.1. The van der Waals surface area contributed by atoms with Crippen molar-refractivity contribution >= 4 is 5.91 Å². The van der Waals surface area contributed by atoms with E-state index in [4.69, 9.17) is 0 Å². The molecule has 0 aliphatic carbocycles. The minimum atomic E-state index is 0.228. The normalized spacial score (nSPS) is 21.9. The van der Waals surface area contributed by atoms with Crippen molar-refractivity contribution in [2.75, 3.05) is 60.4 Å². The van der Waals surface area contributed by atoms with Crippen LogP contribution >= 0.6 is 0 Å². The molecule has 0 radical (unpaired) electrons. The molecule has 1 aliphatic heterocycles. The third-order valence-corrected chi connectivity index (χ3v) is 7.67. The number of unbranched alkanes of at least 4 members (excludes halogenated alkanes) is 10. The fourth-order valence-corrected chi connectivity index (χ4v) is 5.05. The molecule has 0 aromatic rings. The van der Waals surface area contributed by atoms with Crippen molar-refractivity contribution in [3.8, 4) is 0 Å². The number of carbonyl (C=O) groups is 1. The van der Waals surface area contributed by atoms with E-state index >= 15 is 0 Å². The lowest BCUT2D eigenvalue weighted by Gasteiger charge is -2.30. The predicted molar refractivity (Wildman–Crippen MR) is 149 cm³/mol. The van der Waals surface area contributed by atoms with Crippen LogP contribution in [0.3, 0.4) is 0 Å². The summed E-state index contributed by atoms with van der Waals surface area (Å²) < 4.78 is 0. The van der Waals surface area contributed by atoms with E-state index in [0.717, 1.165) is 39.1 Å². The first-order valence-electron chi connectivity index (χ1n) is 14.9. The highest BCUT2D eigenvalue weighted by Gasteiger charge is 2.19. The van der Waals surface area contributed by atoms with Crippen molar-refractivity contribution in [2.45, 2.75) is 122 Å². The number of likely N-dealkylation sites (N-methyl/N-ethyl adjacent to an activating group) is 3. The molecule has 0 aromatic carbocycles. The van der Waals surface area contributed by atoms with Crippen LogP contribution in [0.25, 0.3) is 0 Å². The summed E-state index contributed by atoms with van der Waals surface area (Å²) in [5.74, 6) is 0.228. The van der Waals surface area contributed by atoms with Gasteiger partial charge in [-0.25, -0.2) is 0 Å². The molecule has 1 fully saturated rings. The Morgan fingerprint density at radius 3 is 1.79 bits per heavy atom. The van der Waals surface area contributed by atoms with E-state index < -0.39 is 0 Å². The number of hydrogen-bond acceptors (Lipinski definition) is 4. The first-order valence-corrected chi connectivity index (χ1v) is 14.9. The Morgan fingerprint density at radius 2 is 1.21 bits per heavy atom. The predicted octanol–water partition coefficient (Wildman–Crippen LogP) is 5.93. The van der Waals surface area contributed by atoms with Gasteiger partial charge < -0.3 is 20.0 Å². The van der Waals surface area contributed by atoms with Gasteiger partial charge in [-0.3, -0.25) is 4.79 Å². The highest BCUT2D eigenvalue weighted by Crippen LogP contribution is 2.16. The molecule has 1 unspecified atom stereocenters. The van der Waals surface area contributed by atoms with Gasteiger partial charge in [0.1, 0.15) is 0 Å². The third kappa shape index (κ3) is 17.7. The topological polar surface area (TPSA) is 38.8 Å². The maximum atomic E-state index is 12.7. The first-order chi connectivity index (χ1) is 16.5. The summed E-state index contributed by atoms with van der Waals surface area (Å²) in [6, 6.07) is 0.361. The van der Waals surface area contributed by atoms with E-state index in [9.17, 15) is 4.79 Å². The maximum Gasteiger partial charge on any atom is 0.221 e. The Labute approximate surface area is 213 Å². The highest BCUT2D eigenvalue weighted by atomic mass is 16.1. The SMILES string of the molecule is CCCCCCCCCCCCCC1CC(=O)NCCN(C)CCCCCCN(C)CCN1C. The van der Waals surface area contributed by atoms with Gasteiger partial charge in [0.2, 0.25) is 5.91 Å². The van der Waals surface area contributed by atoms with Gasteiger partial charge in [0.15, 0.2) is 0 Å². The van der Waals surface area contributed by atoms with Gasteiger partial charge in [-0.15, -0.1) is 0 Å². The molecular weight excluding hydrogens is 420 g/mol. The summed E-state index contributed by atoms with van der Waals surface area (Å²) in [5, 5.41) is 3.19. The van der Waals surface area contributed by atoms with Crippen molar-refractivity contribution < 1.29 is 4.79 Å². The molecule has 5 nitrogen and oxygen atoms in total. The van der Waals surface area contributed by atoms with Crippen LogP contribution in [0.1, 0.15) is 116 Å². The minimum absolute atomic E-state index is 0.228. The smallest absolute Gasteiger partial charge is 0.221 e. The van der Waals surface area contributed by atoms with Crippen molar-refractivity contribution in [1.29, 1.82) is 0 Å². The number of nitrogens with zero attached hydrogens (tertiary/aromatic N) is 3. The summed E-state index contributed by atoms with van der Waals surface area (Å²) in [4.78, 5) is 20.0. The average molecular weight is 481 g/mol. The molecule has 5 heteroatoms. The van der Waals surface area contributed by atoms with Crippen molar-refractivity contribution in [3.63, 3.8) is 0 Å². The lowest BCUT2D eigenvalue weighted by Crippen LogP contribution is -2.41. The van der Waals surface area contributed by atoms with Crippen LogP contribution < -0.4 is 5.32 Å². The van der Waals surface area contributed by atoms with Crippen LogP contribution in [0.15, 0.2) is 0 Å². The number of amides is 1. The van der Waals surface area contributed by atoms with E-state index in [1.807, 2.05) is 0 Å². The molecule has 0 spiro atoms. The standard InChI is InChI=1S/C29H60N4O/c1-5-6-7-8-9-10-11-12-13-14-17-20-28-27-29(34)30-21-24-31(2)22-18-15-16-19-23-32(3)25-26-33(28)4/h28H,5-27H2,1-4H3,(H,30,34). The molecule has 34 heavy (non-hydrogen) atoms. The zero-order chi connectivity index (χ0) is 24.9. The second-order valence-corrected chi connectivity index (χ2v) is 11.0. The van der Waals surface area contributed by atoms with Gasteiger partial charge in [-0.2, -0.15) is 0 Å². The van der Waals surface area contributed by atoms with Crippen LogP contribution in [-0.2, 0) is 4.79 Å². The number of nitrogens with one attached hydrogen (secondary N) is 1. The van der Waals surface area contributed by atoms with Crippen LogP contribution in [0.2, 0.25) is 0 Å². The van der Waals surface area contributed by atoms with Gasteiger partial charge in [0, 0.05) is 38.6 Å². The van der Waals surface area contributed by atoms with E-state index in [2.05, 4.69) is 48.1 Å². The fourth-order valence-electron chi connectivity index (χ4n) is 5.05. The second kappa shape index (κ2) is 21.6. The molecule has 1 atom stereocenters. The van der Waals surface area contributed by atoms with Gasteiger partial charge in [-0.05, 0) is 53.5 Å². The molecule has 1 N–H and O–H groups in total. The lowest BCUT2D eigenvalue weighted by molar-refractivity contribution is -0.122. The Bertz CT molecular complexity index is 473. The first kappa shape index (κ1) is 31.4. The summed E-state index contributed by atoms with van der Waals surface area (Å²) in [7, 11) is 6.66. The molecule has 1 rings (SSSR count). The Morgan fingerprint density at radius 1 is 0.676 bits per heavy atom. The molecular formula is C29H60N4O. The molecule has 0 saturated carbocycles. The van der Waals surface area contributed by atoms with E-state index in [-0.39, 0.29) is 5.91 Å². The molecule has 0 bridgehead atoms.